The van der Waals surface area contributed by atoms with Gasteiger partial charge in [0.2, 0.25) is 5.76 Å². The number of rotatable bonds is 5. The molecule has 1 N–H and O–H groups in total. The van der Waals surface area contributed by atoms with Crippen LogP contribution in [0.3, 0.4) is 0 Å². The van der Waals surface area contributed by atoms with E-state index < -0.39 is 5.97 Å². The van der Waals surface area contributed by atoms with Gasteiger partial charge in [0, 0.05) is 6.04 Å². The van der Waals surface area contributed by atoms with E-state index in [1.165, 1.54) is 7.11 Å². The number of methoxy groups -OCH3 is 1. The average Bonchev–Trinajstić information content (AvgIpc) is 2.94. The Morgan fingerprint density at radius 3 is 3.05 bits per heavy atom. The Hall–Kier alpha value is -1.33. The number of furan rings is 1. The minimum Gasteiger partial charge on any atom is -0.463 e. The van der Waals surface area contributed by atoms with Crippen LogP contribution in [-0.2, 0) is 11.3 Å². The van der Waals surface area contributed by atoms with Crippen molar-refractivity contribution >= 4 is 5.97 Å². The van der Waals surface area contributed by atoms with Gasteiger partial charge in [-0.3, -0.25) is 4.90 Å². The molecule has 0 aromatic carbocycles. The number of hydrogen-bond acceptors (Lipinski definition) is 5. The van der Waals surface area contributed by atoms with Crippen LogP contribution in [0.1, 0.15) is 48.9 Å². The smallest absolute Gasteiger partial charge is 0.373 e. The Labute approximate surface area is 119 Å². The maximum Gasteiger partial charge on any atom is 0.373 e. The molecule has 1 aromatic rings. The quantitative estimate of drug-likeness (QED) is 0.838. The van der Waals surface area contributed by atoms with E-state index in [1.54, 1.807) is 12.1 Å². The van der Waals surface area contributed by atoms with Crippen LogP contribution >= 0.6 is 0 Å². The summed E-state index contributed by atoms with van der Waals surface area (Å²) in [6, 6.07) is 3.62. The van der Waals surface area contributed by atoms with Gasteiger partial charge in [0.1, 0.15) is 5.76 Å². The standard InChI is InChI=1S/C15H23NO4/c1-3-13(17)12-6-4-5-9-16(12)10-11-7-8-14(20-11)15(18)19-2/h7-8,12-13,17H,3-6,9-10H2,1-2H3. The highest BCUT2D eigenvalue weighted by molar-refractivity contribution is 5.86. The Balaban J connectivity index is 2.03. The fraction of sp³-hybridized carbons (Fsp3) is 0.667. The number of hydrogen-bond donors (Lipinski definition) is 1. The first-order valence-corrected chi connectivity index (χ1v) is 7.24. The number of carbonyl (C=O) groups is 1. The van der Waals surface area contributed by atoms with Gasteiger partial charge in [0.15, 0.2) is 0 Å². The van der Waals surface area contributed by atoms with Crippen molar-refractivity contribution in [2.24, 2.45) is 0 Å². The van der Waals surface area contributed by atoms with Crippen molar-refractivity contribution in [3.8, 4) is 0 Å². The SMILES string of the molecule is CCC(O)C1CCCCN1Cc1ccc(C(=O)OC)o1. The molecule has 0 radical (unpaired) electrons. The van der Waals surface area contributed by atoms with Crippen molar-refractivity contribution in [1.29, 1.82) is 0 Å². The average molecular weight is 281 g/mol. The molecule has 5 heteroatoms. The van der Waals surface area contributed by atoms with E-state index >= 15 is 0 Å². The van der Waals surface area contributed by atoms with E-state index in [0.717, 1.165) is 38.0 Å². The van der Waals surface area contributed by atoms with Gasteiger partial charge in [-0.15, -0.1) is 0 Å². The molecule has 1 aliphatic heterocycles. The van der Waals surface area contributed by atoms with E-state index in [4.69, 9.17) is 4.42 Å². The third-order valence-electron chi connectivity index (χ3n) is 3.93. The van der Waals surface area contributed by atoms with E-state index in [0.29, 0.717) is 6.54 Å². The number of nitrogens with zero attached hydrogens (tertiary/aromatic N) is 1. The summed E-state index contributed by atoms with van der Waals surface area (Å²) in [4.78, 5) is 13.6. The molecule has 1 fully saturated rings. The number of aliphatic hydroxyl groups excluding tert-OH is 1. The largest absolute Gasteiger partial charge is 0.463 e. The van der Waals surface area contributed by atoms with Crippen LogP contribution in [0.15, 0.2) is 16.5 Å². The van der Waals surface area contributed by atoms with Crippen molar-refractivity contribution < 1.29 is 19.1 Å². The second-order valence-electron chi connectivity index (χ2n) is 5.27. The number of piperidine rings is 1. The molecule has 0 spiro atoms. The number of ether oxygens (including phenoxy) is 1. The fourth-order valence-electron chi connectivity index (χ4n) is 2.79. The van der Waals surface area contributed by atoms with Crippen molar-refractivity contribution in [1.82, 2.24) is 4.90 Å². The minimum atomic E-state index is -0.458. The van der Waals surface area contributed by atoms with Gasteiger partial charge in [-0.1, -0.05) is 13.3 Å². The highest BCUT2D eigenvalue weighted by Crippen LogP contribution is 2.24. The van der Waals surface area contributed by atoms with E-state index in [9.17, 15) is 9.90 Å². The predicted octanol–water partition coefficient (Wildman–Crippen LogP) is 2.19. The third kappa shape index (κ3) is 3.41. The molecule has 0 amide bonds. The summed E-state index contributed by atoms with van der Waals surface area (Å²) >= 11 is 0. The molecule has 1 aliphatic rings. The summed E-state index contributed by atoms with van der Waals surface area (Å²) in [5.74, 6) is 0.507. The van der Waals surface area contributed by atoms with Gasteiger partial charge < -0.3 is 14.3 Å². The zero-order valence-corrected chi connectivity index (χ0v) is 12.2. The van der Waals surface area contributed by atoms with Crippen LogP contribution in [0, 0.1) is 0 Å². The zero-order valence-electron chi connectivity index (χ0n) is 12.2. The van der Waals surface area contributed by atoms with Crippen molar-refractivity contribution in [3.63, 3.8) is 0 Å². The molecule has 2 atom stereocenters. The van der Waals surface area contributed by atoms with Gasteiger partial charge in [-0.2, -0.15) is 0 Å². The summed E-state index contributed by atoms with van der Waals surface area (Å²) in [6.07, 6.45) is 3.76. The predicted molar refractivity (Wildman–Crippen MR) is 74.4 cm³/mol. The molecule has 2 heterocycles. The van der Waals surface area contributed by atoms with Gasteiger partial charge in [-0.05, 0) is 37.9 Å². The van der Waals surface area contributed by atoms with Crippen LogP contribution in [0.25, 0.3) is 0 Å². The zero-order chi connectivity index (χ0) is 14.5. The molecule has 5 nitrogen and oxygen atoms in total. The summed E-state index contributed by atoms with van der Waals surface area (Å²) in [5.41, 5.74) is 0. The monoisotopic (exact) mass is 281 g/mol. The molecule has 2 rings (SSSR count). The number of likely N-dealkylation sites (tertiary alicyclic amines) is 1. The van der Waals surface area contributed by atoms with Crippen LogP contribution < -0.4 is 0 Å². The van der Waals surface area contributed by atoms with Crippen molar-refractivity contribution in [2.45, 2.75) is 51.3 Å². The summed E-state index contributed by atoms with van der Waals surface area (Å²) in [7, 11) is 1.34. The molecule has 0 aliphatic carbocycles. The number of carbonyl (C=O) groups excluding carboxylic acids is 1. The second kappa shape index (κ2) is 6.90. The van der Waals surface area contributed by atoms with Crippen LogP contribution in [0.2, 0.25) is 0 Å². The molecular formula is C15H23NO4. The lowest BCUT2D eigenvalue weighted by Gasteiger charge is -2.37. The Morgan fingerprint density at radius 1 is 1.55 bits per heavy atom. The summed E-state index contributed by atoms with van der Waals surface area (Å²) < 4.78 is 10.1. The van der Waals surface area contributed by atoms with Gasteiger partial charge >= 0.3 is 5.97 Å². The molecule has 112 valence electrons. The molecule has 0 saturated carbocycles. The summed E-state index contributed by atoms with van der Waals surface area (Å²) in [5, 5.41) is 10.1. The van der Waals surface area contributed by atoms with Gasteiger partial charge in [0.05, 0.1) is 19.8 Å². The lowest BCUT2D eigenvalue weighted by atomic mass is 9.96. The molecule has 0 bridgehead atoms. The van der Waals surface area contributed by atoms with Gasteiger partial charge in [0.25, 0.3) is 0 Å². The molecule has 2 unspecified atom stereocenters. The van der Waals surface area contributed by atoms with Crippen LogP contribution in [0.4, 0.5) is 0 Å². The van der Waals surface area contributed by atoms with E-state index in [1.807, 2.05) is 6.92 Å². The van der Waals surface area contributed by atoms with Crippen LogP contribution in [0.5, 0.6) is 0 Å². The molecule has 1 saturated heterocycles. The lowest BCUT2D eigenvalue weighted by Crippen LogP contribution is -2.45. The number of aliphatic hydroxyl groups is 1. The van der Waals surface area contributed by atoms with E-state index in [-0.39, 0.29) is 17.9 Å². The first-order chi connectivity index (χ1) is 9.65. The molecule has 20 heavy (non-hydrogen) atoms. The fourth-order valence-corrected chi connectivity index (χ4v) is 2.79. The molecule has 1 aromatic heterocycles. The Bertz CT molecular complexity index is 443. The van der Waals surface area contributed by atoms with Gasteiger partial charge in [-0.25, -0.2) is 4.79 Å². The molecular weight excluding hydrogens is 258 g/mol. The third-order valence-corrected chi connectivity index (χ3v) is 3.93. The summed E-state index contributed by atoms with van der Waals surface area (Å²) in [6.45, 7) is 3.58. The minimum absolute atomic E-state index is 0.181. The topological polar surface area (TPSA) is 62.9 Å². The number of esters is 1. The maximum atomic E-state index is 11.4. The highest BCUT2D eigenvalue weighted by Gasteiger charge is 2.28. The Kier molecular flexibility index (Phi) is 5.20. The maximum absolute atomic E-state index is 11.4. The highest BCUT2D eigenvalue weighted by atomic mass is 16.5. The van der Waals surface area contributed by atoms with E-state index in [2.05, 4.69) is 9.64 Å². The Morgan fingerprint density at radius 2 is 2.35 bits per heavy atom. The van der Waals surface area contributed by atoms with Crippen LogP contribution in [-0.4, -0.2) is 41.8 Å². The van der Waals surface area contributed by atoms with Crippen molar-refractivity contribution in [2.75, 3.05) is 13.7 Å². The first-order valence-electron chi connectivity index (χ1n) is 7.24. The van der Waals surface area contributed by atoms with Crippen molar-refractivity contribution in [3.05, 3.63) is 23.7 Å². The lowest BCUT2D eigenvalue weighted by molar-refractivity contribution is 0.0158. The normalized spacial score (nSPS) is 21.6. The first kappa shape index (κ1) is 15.1. The second-order valence-corrected chi connectivity index (χ2v) is 5.27.